The van der Waals surface area contributed by atoms with E-state index in [1.165, 1.54) is 0 Å². The van der Waals surface area contributed by atoms with Gasteiger partial charge in [0.2, 0.25) is 0 Å². The van der Waals surface area contributed by atoms with Crippen molar-refractivity contribution in [1.29, 1.82) is 0 Å². The van der Waals surface area contributed by atoms with Gasteiger partial charge in [0.15, 0.2) is 0 Å². The summed E-state index contributed by atoms with van der Waals surface area (Å²) in [5, 5.41) is 7.51. The highest BCUT2D eigenvalue weighted by molar-refractivity contribution is 5.94. The van der Waals surface area contributed by atoms with Crippen LogP contribution in [0.2, 0.25) is 0 Å². The Labute approximate surface area is 146 Å². The molecule has 1 N–H and O–H groups in total. The molecular weight excluding hydrogens is 316 g/mol. The lowest BCUT2D eigenvalue weighted by Crippen LogP contribution is -2.15. The van der Waals surface area contributed by atoms with Crippen molar-refractivity contribution in [3.63, 3.8) is 0 Å². The van der Waals surface area contributed by atoms with Crippen molar-refractivity contribution in [2.45, 2.75) is 26.5 Å². The zero-order valence-corrected chi connectivity index (χ0v) is 14.2. The first-order valence-corrected chi connectivity index (χ1v) is 8.13. The standard InChI is InChI=1S/C19H20N4O2/c1-14(2)25-19(24)16-8-5-10-20-18(16)21-13-15-7-3-4-9-17(15)23-12-6-11-22-23/h3-12,14H,13H2,1-2H3,(H,20,21). The molecule has 3 rings (SSSR count). The first-order chi connectivity index (χ1) is 12.1. The van der Waals surface area contributed by atoms with E-state index in [2.05, 4.69) is 15.4 Å². The van der Waals surface area contributed by atoms with Crippen molar-refractivity contribution < 1.29 is 9.53 Å². The molecule has 0 aliphatic rings. The quantitative estimate of drug-likeness (QED) is 0.698. The average Bonchev–Trinajstić information content (AvgIpc) is 3.14. The molecule has 6 nitrogen and oxygen atoms in total. The maximum Gasteiger partial charge on any atom is 0.342 e. The molecule has 6 heteroatoms. The van der Waals surface area contributed by atoms with E-state index < -0.39 is 0 Å². The van der Waals surface area contributed by atoms with Gasteiger partial charge in [-0.25, -0.2) is 14.5 Å². The second-order valence-electron chi connectivity index (χ2n) is 5.79. The second kappa shape index (κ2) is 7.61. The highest BCUT2D eigenvalue weighted by Crippen LogP contribution is 2.18. The molecule has 0 aliphatic heterocycles. The Morgan fingerprint density at radius 2 is 2.00 bits per heavy atom. The molecule has 3 aromatic rings. The smallest absolute Gasteiger partial charge is 0.342 e. The van der Waals surface area contributed by atoms with E-state index in [1.807, 2.05) is 55.1 Å². The van der Waals surface area contributed by atoms with Gasteiger partial charge in [-0.15, -0.1) is 0 Å². The molecule has 0 saturated heterocycles. The number of aromatic nitrogens is 3. The van der Waals surface area contributed by atoms with E-state index in [-0.39, 0.29) is 12.1 Å². The zero-order chi connectivity index (χ0) is 17.6. The minimum absolute atomic E-state index is 0.180. The number of nitrogens with one attached hydrogen (secondary N) is 1. The van der Waals surface area contributed by atoms with Gasteiger partial charge in [0.25, 0.3) is 0 Å². The van der Waals surface area contributed by atoms with Crippen molar-refractivity contribution in [2.24, 2.45) is 0 Å². The second-order valence-corrected chi connectivity index (χ2v) is 5.79. The predicted molar refractivity (Wildman–Crippen MR) is 95.7 cm³/mol. The predicted octanol–water partition coefficient (Wildman–Crippen LogP) is 3.44. The minimum atomic E-state index is -0.383. The molecule has 0 spiro atoms. The summed E-state index contributed by atoms with van der Waals surface area (Å²) in [4.78, 5) is 16.5. The largest absolute Gasteiger partial charge is 0.459 e. The lowest BCUT2D eigenvalue weighted by Gasteiger charge is -2.14. The topological polar surface area (TPSA) is 69.0 Å². The molecular formula is C19H20N4O2. The van der Waals surface area contributed by atoms with Gasteiger partial charge < -0.3 is 10.1 Å². The maximum absolute atomic E-state index is 12.2. The maximum atomic E-state index is 12.2. The van der Waals surface area contributed by atoms with Crippen LogP contribution in [0.15, 0.2) is 61.1 Å². The van der Waals surface area contributed by atoms with Gasteiger partial charge in [-0.2, -0.15) is 5.10 Å². The highest BCUT2D eigenvalue weighted by Gasteiger charge is 2.15. The highest BCUT2D eigenvalue weighted by atomic mass is 16.5. The number of hydrogen-bond acceptors (Lipinski definition) is 5. The number of esters is 1. The van der Waals surface area contributed by atoms with Crippen LogP contribution in [0, 0.1) is 0 Å². The lowest BCUT2D eigenvalue weighted by molar-refractivity contribution is 0.0378. The van der Waals surface area contributed by atoms with E-state index >= 15 is 0 Å². The summed E-state index contributed by atoms with van der Waals surface area (Å²) < 4.78 is 7.09. The van der Waals surface area contributed by atoms with Crippen LogP contribution in [0.4, 0.5) is 5.82 Å². The summed E-state index contributed by atoms with van der Waals surface area (Å²) in [7, 11) is 0. The van der Waals surface area contributed by atoms with Gasteiger partial charge in [0, 0.05) is 25.1 Å². The molecule has 2 heterocycles. The summed E-state index contributed by atoms with van der Waals surface area (Å²) in [5.41, 5.74) is 2.44. The molecule has 0 aliphatic carbocycles. The lowest BCUT2D eigenvalue weighted by atomic mass is 10.1. The summed E-state index contributed by atoms with van der Waals surface area (Å²) in [6.45, 7) is 4.15. The van der Waals surface area contributed by atoms with E-state index in [0.29, 0.717) is 17.9 Å². The number of pyridine rings is 1. The molecule has 0 atom stereocenters. The van der Waals surface area contributed by atoms with Gasteiger partial charge in [-0.3, -0.25) is 0 Å². The summed E-state index contributed by atoms with van der Waals surface area (Å²) in [6.07, 6.45) is 5.10. The molecule has 0 bridgehead atoms. The summed E-state index contributed by atoms with van der Waals surface area (Å²) in [6, 6.07) is 13.3. The van der Waals surface area contributed by atoms with E-state index in [0.717, 1.165) is 11.3 Å². The van der Waals surface area contributed by atoms with Crippen LogP contribution in [0.25, 0.3) is 5.69 Å². The molecule has 0 fully saturated rings. The molecule has 0 unspecified atom stereocenters. The molecule has 25 heavy (non-hydrogen) atoms. The van der Waals surface area contributed by atoms with Crippen molar-refractivity contribution in [3.05, 3.63) is 72.2 Å². The monoisotopic (exact) mass is 336 g/mol. The Hall–Kier alpha value is -3.15. The van der Waals surface area contributed by atoms with Crippen LogP contribution in [-0.2, 0) is 11.3 Å². The van der Waals surface area contributed by atoms with Gasteiger partial charge in [-0.1, -0.05) is 18.2 Å². The fraction of sp³-hybridized carbons (Fsp3) is 0.211. The Balaban J connectivity index is 1.81. The van der Waals surface area contributed by atoms with Gasteiger partial charge in [0.1, 0.15) is 11.4 Å². The fourth-order valence-corrected chi connectivity index (χ4v) is 2.46. The normalized spacial score (nSPS) is 10.7. The summed E-state index contributed by atoms with van der Waals surface area (Å²) >= 11 is 0. The van der Waals surface area contributed by atoms with Crippen LogP contribution in [0.3, 0.4) is 0 Å². The van der Waals surface area contributed by atoms with E-state index in [9.17, 15) is 4.79 Å². The number of carbonyl (C=O) groups excluding carboxylic acids is 1. The number of hydrogen-bond donors (Lipinski definition) is 1. The number of rotatable bonds is 6. The molecule has 0 radical (unpaired) electrons. The van der Waals surface area contributed by atoms with Gasteiger partial charge in [-0.05, 0) is 43.7 Å². The Morgan fingerprint density at radius 1 is 1.16 bits per heavy atom. The van der Waals surface area contributed by atoms with Crippen LogP contribution < -0.4 is 5.32 Å². The Morgan fingerprint density at radius 3 is 2.76 bits per heavy atom. The number of anilines is 1. The Kier molecular flexibility index (Phi) is 5.09. The van der Waals surface area contributed by atoms with Crippen molar-refractivity contribution in [1.82, 2.24) is 14.8 Å². The average molecular weight is 336 g/mol. The number of carbonyl (C=O) groups is 1. The number of nitrogens with zero attached hydrogens (tertiary/aromatic N) is 3. The molecule has 128 valence electrons. The fourth-order valence-electron chi connectivity index (χ4n) is 2.46. The zero-order valence-electron chi connectivity index (χ0n) is 14.2. The van der Waals surface area contributed by atoms with Crippen molar-refractivity contribution in [3.8, 4) is 5.69 Å². The first kappa shape index (κ1) is 16.7. The van der Waals surface area contributed by atoms with Crippen LogP contribution in [-0.4, -0.2) is 26.8 Å². The number of ether oxygens (including phenoxy) is 1. The van der Waals surface area contributed by atoms with Crippen LogP contribution >= 0.6 is 0 Å². The first-order valence-electron chi connectivity index (χ1n) is 8.13. The van der Waals surface area contributed by atoms with Gasteiger partial charge >= 0.3 is 5.97 Å². The minimum Gasteiger partial charge on any atom is -0.459 e. The van der Waals surface area contributed by atoms with E-state index in [1.54, 1.807) is 24.5 Å². The summed E-state index contributed by atoms with van der Waals surface area (Å²) in [5.74, 6) is 0.120. The van der Waals surface area contributed by atoms with Crippen LogP contribution in [0.1, 0.15) is 29.8 Å². The van der Waals surface area contributed by atoms with Crippen molar-refractivity contribution >= 4 is 11.8 Å². The number of benzene rings is 1. The third-order valence-electron chi connectivity index (χ3n) is 3.56. The third-order valence-corrected chi connectivity index (χ3v) is 3.56. The van der Waals surface area contributed by atoms with Gasteiger partial charge in [0.05, 0.1) is 11.8 Å². The number of para-hydroxylation sites is 1. The SMILES string of the molecule is CC(C)OC(=O)c1cccnc1NCc1ccccc1-n1cccn1. The van der Waals surface area contributed by atoms with Crippen LogP contribution in [0.5, 0.6) is 0 Å². The molecule has 0 amide bonds. The molecule has 1 aromatic carbocycles. The van der Waals surface area contributed by atoms with E-state index in [4.69, 9.17) is 4.74 Å². The third kappa shape index (κ3) is 4.03. The van der Waals surface area contributed by atoms with Crippen molar-refractivity contribution in [2.75, 3.05) is 5.32 Å². The molecule has 0 saturated carbocycles. The molecule has 2 aromatic heterocycles. The Bertz CT molecular complexity index is 844.